The molecule has 1 N–H and O–H groups in total. The summed E-state index contributed by atoms with van der Waals surface area (Å²) in [5.74, 6) is -0.645. The molecule has 0 aliphatic carbocycles. The summed E-state index contributed by atoms with van der Waals surface area (Å²) in [6, 6.07) is 3.99. The van der Waals surface area contributed by atoms with Crippen LogP contribution in [-0.2, 0) is 9.59 Å². The Kier molecular flexibility index (Phi) is 4.92. The fourth-order valence-corrected chi connectivity index (χ4v) is 2.13. The zero-order valence-electron chi connectivity index (χ0n) is 12.2. The molecule has 0 radical (unpaired) electrons. The summed E-state index contributed by atoms with van der Waals surface area (Å²) in [4.78, 5) is 35.2. The Morgan fingerprint density at radius 1 is 1.50 bits per heavy atom. The van der Waals surface area contributed by atoms with Crippen LogP contribution in [0.2, 0.25) is 0 Å². The second-order valence-electron chi connectivity index (χ2n) is 4.94. The second-order valence-corrected chi connectivity index (χ2v) is 4.94. The molecule has 22 heavy (non-hydrogen) atoms. The molecule has 1 heterocycles. The van der Waals surface area contributed by atoms with Gasteiger partial charge in [0.05, 0.1) is 23.2 Å². The van der Waals surface area contributed by atoms with Crippen molar-refractivity contribution in [3.63, 3.8) is 0 Å². The number of nitro benzene ring substituents is 1. The van der Waals surface area contributed by atoms with Crippen molar-refractivity contribution in [3.8, 4) is 5.75 Å². The number of carbonyl (C=O) groups is 2. The molecule has 0 atom stereocenters. The third kappa shape index (κ3) is 3.72. The number of hydrogen-bond acceptors (Lipinski definition) is 6. The van der Waals surface area contributed by atoms with Gasteiger partial charge in [0.15, 0.2) is 5.75 Å². The van der Waals surface area contributed by atoms with Gasteiger partial charge in [0, 0.05) is 12.6 Å². The van der Waals surface area contributed by atoms with Crippen molar-refractivity contribution in [1.29, 1.82) is 0 Å². The molecule has 0 spiro atoms. The molecule has 118 valence electrons. The van der Waals surface area contributed by atoms with Gasteiger partial charge in [0.2, 0.25) is 5.91 Å². The molecule has 1 amide bonds. The molecule has 0 bridgehead atoms. The SMILES string of the molecule is CCCCNC(=O)CN1CC(=O)Oc2cc([N+](=O)[O-])ccc21. The van der Waals surface area contributed by atoms with Crippen LogP contribution in [0.5, 0.6) is 5.75 Å². The largest absolute Gasteiger partial charge is 0.423 e. The van der Waals surface area contributed by atoms with Crippen LogP contribution in [-0.4, -0.2) is 36.4 Å². The predicted molar refractivity (Wildman–Crippen MR) is 78.9 cm³/mol. The van der Waals surface area contributed by atoms with Gasteiger partial charge in [-0.15, -0.1) is 0 Å². The maximum Gasteiger partial charge on any atom is 0.331 e. The van der Waals surface area contributed by atoms with E-state index in [1.54, 1.807) is 4.90 Å². The second kappa shape index (κ2) is 6.88. The predicted octanol–water partition coefficient (Wildman–Crippen LogP) is 1.24. The molecule has 0 saturated carbocycles. The number of ether oxygens (including phenoxy) is 1. The van der Waals surface area contributed by atoms with Gasteiger partial charge >= 0.3 is 5.97 Å². The van der Waals surface area contributed by atoms with E-state index >= 15 is 0 Å². The Balaban J connectivity index is 2.12. The first-order valence-corrected chi connectivity index (χ1v) is 7.02. The number of nitro groups is 1. The average Bonchev–Trinajstić information content (AvgIpc) is 2.46. The topological polar surface area (TPSA) is 102 Å². The number of fused-ring (bicyclic) bond motifs is 1. The Hall–Kier alpha value is -2.64. The first-order chi connectivity index (χ1) is 10.5. The van der Waals surface area contributed by atoms with Crippen LogP contribution in [0.1, 0.15) is 19.8 Å². The molecular formula is C14H17N3O5. The summed E-state index contributed by atoms with van der Waals surface area (Å²) in [5, 5.41) is 13.5. The van der Waals surface area contributed by atoms with E-state index in [0.29, 0.717) is 12.2 Å². The Morgan fingerprint density at radius 3 is 2.95 bits per heavy atom. The van der Waals surface area contributed by atoms with Gasteiger partial charge in [-0.2, -0.15) is 0 Å². The van der Waals surface area contributed by atoms with Gasteiger partial charge in [-0.25, -0.2) is 4.79 Å². The third-order valence-corrected chi connectivity index (χ3v) is 3.23. The van der Waals surface area contributed by atoms with Gasteiger partial charge in [-0.1, -0.05) is 13.3 Å². The summed E-state index contributed by atoms with van der Waals surface area (Å²) in [7, 11) is 0. The van der Waals surface area contributed by atoms with Crippen molar-refractivity contribution < 1.29 is 19.2 Å². The molecule has 1 aliphatic rings. The van der Waals surface area contributed by atoms with Gasteiger partial charge in [0.1, 0.15) is 6.54 Å². The normalized spacial score (nSPS) is 13.3. The van der Waals surface area contributed by atoms with Crippen molar-refractivity contribution in [2.24, 2.45) is 0 Å². The molecule has 0 unspecified atom stereocenters. The minimum atomic E-state index is -0.565. The van der Waals surface area contributed by atoms with E-state index in [0.717, 1.165) is 12.8 Å². The lowest BCUT2D eigenvalue weighted by Crippen LogP contribution is -2.43. The zero-order valence-corrected chi connectivity index (χ0v) is 12.2. The number of hydrogen-bond donors (Lipinski definition) is 1. The molecule has 1 aromatic rings. The summed E-state index contributed by atoms with van der Waals surface area (Å²) in [5.41, 5.74) is 0.330. The highest BCUT2D eigenvalue weighted by Gasteiger charge is 2.27. The Morgan fingerprint density at radius 2 is 2.27 bits per heavy atom. The van der Waals surface area contributed by atoms with Gasteiger partial charge < -0.3 is 15.0 Å². The summed E-state index contributed by atoms with van der Waals surface area (Å²) in [6.45, 7) is 2.55. The van der Waals surface area contributed by atoms with Crippen molar-refractivity contribution in [2.75, 3.05) is 24.5 Å². The summed E-state index contributed by atoms with van der Waals surface area (Å²) in [6.07, 6.45) is 1.86. The number of esters is 1. The fraction of sp³-hybridized carbons (Fsp3) is 0.429. The number of non-ortho nitro benzene ring substituents is 1. The number of benzene rings is 1. The molecule has 0 saturated heterocycles. The first kappa shape index (κ1) is 15.7. The lowest BCUT2D eigenvalue weighted by molar-refractivity contribution is -0.384. The Bertz CT molecular complexity index is 602. The molecule has 0 fully saturated rings. The van der Waals surface area contributed by atoms with Crippen LogP contribution in [0.25, 0.3) is 0 Å². The highest BCUT2D eigenvalue weighted by atomic mass is 16.6. The minimum Gasteiger partial charge on any atom is -0.423 e. The molecule has 0 aromatic heterocycles. The monoisotopic (exact) mass is 307 g/mol. The molecule has 8 nitrogen and oxygen atoms in total. The number of anilines is 1. The highest BCUT2D eigenvalue weighted by Crippen LogP contribution is 2.34. The van der Waals surface area contributed by atoms with Crippen LogP contribution < -0.4 is 15.0 Å². The number of rotatable bonds is 6. The smallest absolute Gasteiger partial charge is 0.331 e. The van der Waals surface area contributed by atoms with Crippen molar-refractivity contribution in [2.45, 2.75) is 19.8 Å². The quantitative estimate of drug-likeness (QED) is 0.279. The van der Waals surface area contributed by atoms with Crippen molar-refractivity contribution in [1.82, 2.24) is 5.32 Å². The van der Waals surface area contributed by atoms with E-state index in [-0.39, 0.29) is 30.4 Å². The molecule has 8 heteroatoms. The molecule has 2 rings (SSSR count). The molecule has 1 aromatic carbocycles. The van der Waals surface area contributed by atoms with E-state index in [9.17, 15) is 19.7 Å². The van der Waals surface area contributed by atoms with Gasteiger partial charge in [-0.3, -0.25) is 14.9 Å². The Labute approximate surface area is 127 Å². The number of unbranched alkanes of at least 4 members (excludes halogenated alkanes) is 1. The maximum atomic E-state index is 11.9. The van der Waals surface area contributed by atoms with Crippen LogP contribution in [0.4, 0.5) is 11.4 Å². The van der Waals surface area contributed by atoms with E-state index in [2.05, 4.69) is 5.32 Å². The molecular weight excluding hydrogens is 290 g/mol. The summed E-state index contributed by atoms with van der Waals surface area (Å²) < 4.78 is 5.02. The highest BCUT2D eigenvalue weighted by molar-refractivity contribution is 5.89. The standard InChI is InChI=1S/C14H17N3O5/c1-2-3-6-15-13(18)8-16-9-14(19)22-12-7-10(17(20)21)4-5-11(12)16/h4-5,7H,2-3,6,8-9H2,1H3,(H,15,18). The average molecular weight is 307 g/mol. The number of amides is 1. The van der Waals surface area contributed by atoms with E-state index in [4.69, 9.17) is 4.74 Å². The lowest BCUT2D eigenvalue weighted by atomic mass is 10.2. The molecule has 1 aliphatic heterocycles. The third-order valence-electron chi connectivity index (χ3n) is 3.23. The van der Waals surface area contributed by atoms with E-state index in [1.165, 1.54) is 18.2 Å². The maximum absolute atomic E-state index is 11.9. The first-order valence-electron chi connectivity index (χ1n) is 7.02. The van der Waals surface area contributed by atoms with Crippen molar-refractivity contribution in [3.05, 3.63) is 28.3 Å². The minimum absolute atomic E-state index is 0.00360. The van der Waals surface area contributed by atoms with Crippen LogP contribution in [0.3, 0.4) is 0 Å². The van der Waals surface area contributed by atoms with E-state index < -0.39 is 10.9 Å². The van der Waals surface area contributed by atoms with E-state index in [1.807, 2.05) is 6.92 Å². The van der Waals surface area contributed by atoms with Crippen LogP contribution >= 0.6 is 0 Å². The number of nitrogens with one attached hydrogen (secondary N) is 1. The van der Waals surface area contributed by atoms with Crippen LogP contribution in [0.15, 0.2) is 18.2 Å². The lowest BCUT2D eigenvalue weighted by Gasteiger charge is -2.28. The van der Waals surface area contributed by atoms with Crippen molar-refractivity contribution >= 4 is 23.3 Å². The summed E-state index contributed by atoms with van der Waals surface area (Å²) >= 11 is 0. The van der Waals surface area contributed by atoms with Crippen LogP contribution in [0, 0.1) is 10.1 Å². The fourth-order valence-electron chi connectivity index (χ4n) is 2.13. The van der Waals surface area contributed by atoms with Gasteiger partial charge in [-0.05, 0) is 12.5 Å². The van der Waals surface area contributed by atoms with Gasteiger partial charge in [0.25, 0.3) is 5.69 Å². The number of nitrogens with zero attached hydrogens (tertiary/aromatic N) is 2. The zero-order chi connectivity index (χ0) is 16.1. The number of carbonyl (C=O) groups excluding carboxylic acids is 2.